The number of nitrogens with one attached hydrogen (secondary N) is 6. The molecule has 1 aromatic heterocycles. The van der Waals surface area contributed by atoms with Crippen LogP contribution in [0.3, 0.4) is 0 Å². The van der Waals surface area contributed by atoms with E-state index in [-0.39, 0.29) is 49.8 Å². The summed E-state index contributed by atoms with van der Waals surface area (Å²) in [6, 6.07) is -2.01. The van der Waals surface area contributed by atoms with Crippen LogP contribution in [0.1, 0.15) is 57.6 Å². The number of aromatic nitrogens is 2. The lowest BCUT2D eigenvalue weighted by molar-refractivity contribution is -0.142. The molecule has 1 aromatic rings. The Morgan fingerprint density at radius 3 is 2.47 bits per heavy atom. The van der Waals surface area contributed by atoms with Gasteiger partial charge < -0.3 is 47.5 Å². The van der Waals surface area contributed by atoms with Crippen molar-refractivity contribution in [2.45, 2.75) is 87.7 Å². The Morgan fingerprint density at radius 2 is 1.81 bits per heavy atom. The number of urea groups is 1. The standard InChI is InChI=1S/C24H38N8O6S.C2H4O2/c25-8-4-3-5-15(23(36)37)30-22(35)16(9-14-10-26-13-28-14)29-20(34)11-27-19(33)7-2-1-6-18-21-17(12-39-18)31-24(38)32-21;1-2(3)4/h10,13,15-18,21H,1-9,11-12,25H2,(H,26,28)(H,27,33)(H,29,34)(H,30,35)(H,36,37)(H2,31,32,38);1H3,(H,3,4)/t15-,16-,17-,18-,21-;/m0./s1. The highest BCUT2D eigenvalue weighted by atomic mass is 32.2. The summed E-state index contributed by atoms with van der Waals surface area (Å²) in [5, 5.41) is 30.7. The Kier molecular flexibility index (Phi) is 15.3. The molecule has 0 aromatic carbocycles. The fourth-order valence-corrected chi connectivity index (χ4v) is 6.18. The molecule has 2 aliphatic rings. The third kappa shape index (κ3) is 13.3. The fraction of sp³-hybridized carbons (Fsp3) is 0.654. The highest BCUT2D eigenvalue weighted by molar-refractivity contribution is 8.00. The number of nitrogens with zero attached hydrogens (tertiary/aromatic N) is 1. The first-order valence-electron chi connectivity index (χ1n) is 14.1. The number of amides is 5. The molecule has 0 saturated carbocycles. The van der Waals surface area contributed by atoms with Crippen molar-refractivity contribution >= 4 is 47.5 Å². The van der Waals surface area contributed by atoms with Crippen molar-refractivity contribution in [2.24, 2.45) is 5.73 Å². The lowest BCUT2D eigenvalue weighted by Crippen LogP contribution is -2.54. The van der Waals surface area contributed by atoms with Crippen molar-refractivity contribution in [1.82, 2.24) is 36.6 Å². The van der Waals surface area contributed by atoms with Gasteiger partial charge in [0.05, 0.1) is 25.0 Å². The predicted octanol–water partition coefficient (Wildman–Crippen LogP) is -0.932. The number of thioether (sulfide) groups is 1. The van der Waals surface area contributed by atoms with Crippen LogP contribution in [0.5, 0.6) is 0 Å². The van der Waals surface area contributed by atoms with Crippen LogP contribution in [-0.4, -0.2) is 104 Å². The van der Waals surface area contributed by atoms with Crippen molar-refractivity contribution in [1.29, 1.82) is 0 Å². The van der Waals surface area contributed by atoms with Gasteiger partial charge in [0.25, 0.3) is 5.97 Å². The number of carboxylic acid groups (broad SMARTS) is 2. The molecular weight excluding hydrogens is 584 g/mol. The molecule has 0 spiro atoms. The van der Waals surface area contributed by atoms with Gasteiger partial charge in [-0.1, -0.05) is 6.42 Å². The van der Waals surface area contributed by atoms with Crippen molar-refractivity contribution < 1.29 is 39.0 Å². The average Bonchev–Trinajstić information content (AvgIpc) is 3.67. The van der Waals surface area contributed by atoms with Gasteiger partial charge >= 0.3 is 12.0 Å². The van der Waals surface area contributed by atoms with Crippen LogP contribution in [0.4, 0.5) is 4.79 Å². The Bertz CT molecular complexity index is 1090. The van der Waals surface area contributed by atoms with Gasteiger partial charge in [0.2, 0.25) is 17.7 Å². The molecule has 5 amide bonds. The quantitative estimate of drug-likeness (QED) is 0.0753. The fourth-order valence-electron chi connectivity index (χ4n) is 4.63. The van der Waals surface area contributed by atoms with E-state index in [0.29, 0.717) is 36.8 Å². The van der Waals surface area contributed by atoms with E-state index in [4.69, 9.17) is 15.6 Å². The van der Waals surface area contributed by atoms with Crippen LogP contribution < -0.4 is 32.3 Å². The number of carbonyl (C=O) groups is 6. The summed E-state index contributed by atoms with van der Waals surface area (Å²) in [6.07, 6.45) is 6.99. The molecule has 3 heterocycles. The van der Waals surface area contributed by atoms with Gasteiger partial charge in [-0.2, -0.15) is 11.8 Å². The first-order chi connectivity index (χ1) is 20.5. The zero-order valence-corrected chi connectivity index (χ0v) is 24.9. The number of unbranched alkanes of at least 4 members (excludes halogenated alkanes) is 2. The zero-order chi connectivity index (χ0) is 31.8. The number of H-pyrrole nitrogens is 1. The summed E-state index contributed by atoms with van der Waals surface area (Å²) in [7, 11) is 0. The maximum Gasteiger partial charge on any atom is 0.326 e. The molecule has 0 bridgehead atoms. The van der Waals surface area contributed by atoms with E-state index >= 15 is 0 Å². The Morgan fingerprint density at radius 1 is 1.07 bits per heavy atom. The minimum atomic E-state index is -1.17. The molecule has 43 heavy (non-hydrogen) atoms. The molecule has 16 nitrogen and oxygen atoms in total. The summed E-state index contributed by atoms with van der Waals surface area (Å²) in [5.74, 6) is -2.62. The molecule has 2 aliphatic heterocycles. The number of aliphatic carboxylic acids is 2. The first-order valence-corrected chi connectivity index (χ1v) is 15.2. The van der Waals surface area contributed by atoms with Crippen LogP contribution in [-0.2, 0) is 30.4 Å². The lowest BCUT2D eigenvalue weighted by Gasteiger charge is -2.21. The van der Waals surface area contributed by atoms with E-state index in [1.165, 1.54) is 12.5 Å². The molecule has 3 rings (SSSR count). The maximum absolute atomic E-state index is 12.9. The number of carbonyl (C=O) groups excluding carboxylic acids is 4. The number of imidazole rings is 1. The van der Waals surface area contributed by atoms with E-state index < -0.39 is 35.8 Å². The summed E-state index contributed by atoms with van der Waals surface area (Å²) < 4.78 is 0. The van der Waals surface area contributed by atoms with Gasteiger partial charge in [0.15, 0.2) is 0 Å². The molecule has 0 radical (unpaired) electrons. The largest absolute Gasteiger partial charge is 0.481 e. The predicted molar refractivity (Wildman–Crippen MR) is 157 cm³/mol. The SMILES string of the molecule is CC(=O)O.NCCCC[C@H](NC(=O)[C@H](Cc1cnc[nH]1)NC(=O)CNC(=O)CCCC[C@@H]1SC[C@@H]2NC(=O)N[C@@H]21)C(=O)O. The molecule has 2 fully saturated rings. The van der Waals surface area contributed by atoms with Crippen molar-refractivity contribution in [3.8, 4) is 0 Å². The monoisotopic (exact) mass is 626 g/mol. The second-order valence-electron chi connectivity index (χ2n) is 10.2. The van der Waals surface area contributed by atoms with Gasteiger partial charge in [0.1, 0.15) is 12.1 Å². The van der Waals surface area contributed by atoms with E-state index in [1.54, 1.807) is 0 Å². The van der Waals surface area contributed by atoms with Crippen LogP contribution in [0.25, 0.3) is 0 Å². The summed E-state index contributed by atoms with van der Waals surface area (Å²) >= 11 is 1.82. The molecule has 2 saturated heterocycles. The summed E-state index contributed by atoms with van der Waals surface area (Å²) in [4.78, 5) is 76.6. The van der Waals surface area contributed by atoms with E-state index in [0.717, 1.165) is 25.5 Å². The molecule has 0 unspecified atom stereocenters. The third-order valence-corrected chi connectivity index (χ3v) is 8.23. The lowest BCUT2D eigenvalue weighted by atomic mass is 10.0. The minimum absolute atomic E-state index is 0.0671. The van der Waals surface area contributed by atoms with Crippen molar-refractivity contribution in [2.75, 3.05) is 18.8 Å². The zero-order valence-electron chi connectivity index (χ0n) is 24.1. The Hall–Kier alpha value is -3.86. The normalized spacial score (nSPS) is 19.9. The Balaban J connectivity index is 0.00000151. The van der Waals surface area contributed by atoms with E-state index in [2.05, 4.69) is 36.6 Å². The number of fused-ring (bicyclic) bond motifs is 1. The third-order valence-electron chi connectivity index (χ3n) is 6.72. The molecule has 17 heteroatoms. The summed E-state index contributed by atoms with van der Waals surface area (Å²) in [5.41, 5.74) is 6.04. The van der Waals surface area contributed by atoms with E-state index in [1.807, 2.05) is 11.8 Å². The van der Waals surface area contributed by atoms with Crippen LogP contribution in [0, 0.1) is 0 Å². The van der Waals surface area contributed by atoms with Gasteiger partial charge in [-0.25, -0.2) is 14.6 Å². The number of hydrogen-bond donors (Lipinski definition) is 9. The maximum atomic E-state index is 12.9. The highest BCUT2D eigenvalue weighted by Crippen LogP contribution is 2.33. The Labute approximate surface area is 253 Å². The molecule has 240 valence electrons. The number of hydrogen-bond acceptors (Lipinski definition) is 9. The van der Waals surface area contributed by atoms with Crippen molar-refractivity contribution in [3.63, 3.8) is 0 Å². The van der Waals surface area contributed by atoms with Gasteiger partial charge in [-0.3, -0.25) is 19.2 Å². The van der Waals surface area contributed by atoms with Gasteiger partial charge in [0, 0.05) is 42.7 Å². The number of rotatable bonds is 17. The second kappa shape index (κ2) is 18.6. The minimum Gasteiger partial charge on any atom is -0.481 e. The number of nitrogens with two attached hydrogens (primary N) is 1. The molecule has 5 atom stereocenters. The molecule has 10 N–H and O–H groups in total. The van der Waals surface area contributed by atoms with Crippen LogP contribution in [0.15, 0.2) is 12.5 Å². The van der Waals surface area contributed by atoms with Crippen molar-refractivity contribution in [3.05, 3.63) is 18.2 Å². The topological polar surface area (TPSA) is 258 Å². The smallest absolute Gasteiger partial charge is 0.326 e. The second-order valence-corrected chi connectivity index (χ2v) is 11.5. The van der Waals surface area contributed by atoms with Crippen LogP contribution >= 0.6 is 11.8 Å². The van der Waals surface area contributed by atoms with Crippen LogP contribution in [0.2, 0.25) is 0 Å². The number of aromatic amines is 1. The van der Waals surface area contributed by atoms with E-state index in [9.17, 15) is 29.1 Å². The average molecular weight is 627 g/mol. The molecule has 0 aliphatic carbocycles. The number of carboxylic acids is 2. The summed E-state index contributed by atoms with van der Waals surface area (Å²) in [6.45, 7) is 1.19. The first kappa shape index (κ1) is 35.3. The van der Waals surface area contributed by atoms with Gasteiger partial charge in [-0.15, -0.1) is 0 Å². The highest BCUT2D eigenvalue weighted by Gasteiger charge is 2.42. The molecular formula is C26H42N8O8S. The van der Waals surface area contributed by atoms with Gasteiger partial charge in [-0.05, 0) is 38.6 Å².